The Morgan fingerprint density at radius 3 is 2.52 bits per heavy atom. The van der Waals surface area contributed by atoms with Crippen molar-refractivity contribution in [1.82, 2.24) is 0 Å². The van der Waals surface area contributed by atoms with Crippen molar-refractivity contribution >= 4 is 0 Å². The molecule has 124 valence electrons. The number of fused-ring (bicyclic) bond motifs is 1. The number of aliphatic hydroxyl groups is 1. The number of aliphatic hydroxyl groups excluding tert-OH is 1. The van der Waals surface area contributed by atoms with Gasteiger partial charge in [-0.1, -0.05) is 61.8 Å². The Morgan fingerprint density at radius 2 is 1.74 bits per heavy atom. The molecule has 1 aromatic carbocycles. The smallest absolute Gasteiger partial charge is 0.0431 e. The SMILES string of the molecule is OCCCCCCC1(c2ccc3c(c2)CCCC3)C=CC=CC1. The Labute approximate surface area is 141 Å². The first kappa shape index (κ1) is 16.5. The lowest BCUT2D eigenvalue weighted by molar-refractivity contribution is 0.281. The second-order valence-corrected chi connectivity index (χ2v) is 7.23. The molecule has 0 saturated carbocycles. The van der Waals surface area contributed by atoms with Crippen molar-refractivity contribution in [3.63, 3.8) is 0 Å². The molecule has 0 fully saturated rings. The van der Waals surface area contributed by atoms with E-state index in [4.69, 9.17) is 5.11 Å². The molecule has 0 spiro atoms. The highest BCUT2D eigenvalue weighted by Gasteiger charge is 2.29. The Balaban J connectivity index is 1.76. The van der Waals surface area contributed by atoms with Crippen molar-refractivity contribution in [2.24, 2.45) is 0 Å². The summed E-state index contributed by atoms with van der Waals surface area (Å²) in [7, 11) is 0. The van der Waals surface area contributed by atoms with Gasteiger partial charge in [-0.25, -0.2) is 0 Å². The third-order valence-corrected chi connectivity index (χ3v) is 5.60. The van der Waals surface area contributed by atoms with Gasteiger partial charge in [0.05, 0.1) is 0 Å². The van der Waals surface area contributed by atoms with E-state index in [9.17, 15) is 0 Å². The summed E-state index contributed by atoms with van der Waals surface area (Å²) in [6.07, 6.45) is 21.3. The van der Waals surface area contributed by atoms with Gasteiger partial charge in [0.25, 0.3) is 0 Å². The normalized spacial score (nSPS) is 23.0. The number of hydrogen-bond donors (Lipinski definition) is 1. The standard InChI is InChI=1S/C22H30O/c23-17-9-2-1-6-14-22(15-7-3-8-16-22)21-13-12-19-10-4-5-11-20(19)18-21/h3,7-8,12-13,15,18,23H,1-2,4-6,9-11,14,16-17H2. The van der Waals surface area contributed by atoms with Crippen LogP contribution < -0.4 is 0 Å². The van der Waals surface area contributed by atoms with E-state index in [0.29, 0.717) is 6.61 Å². The number of rotatable bonds is 7. The first-order valence-electron chi connectivity index (χ1n) is 9.42. The van der Waals surface area contributed by atoms with Gasteiger partial charge in [-0.05, 0) is 61.6 Å². The van der Waals surface area contributed by atoms with Crippen LogP contribution in [0, 0.1) is 0 Å². The van der Waals surface area contributed by atoms with Crippen LogP contribution in [0.5, 0.6) is 0 Å². The number of aryl methyl sites for hydroxylation is 2. The van der Waals surface area contributed by atoms with Gasteiger partial charge in [0.2, 0.25) is 0 Å². The Morgan fingerprint density at radius 1 is 0.913 bits per heavy atom. The average molecular weight is 310 g/mol. The summed E-state index contributed by atoms with van der Waals surface area (Å²) in [5.41, 5.74) is 4.88. The molecule has 0 saturated heterocycles. The Kier molecular flexibility index (Phi) is 5.72. The maximum absolute atomic E-state index is 8.94. The lowest BCUT2D eigenvalue weighted by Crippen LogP contribution is -2.25. The van der Waals surface area contributed by atoms with E-state index in [1.54, 1.807) is 11.1 Å². The molecule has 0 aliphatic heterocycles. The molecule has 1 aromatic rings. The molecule has 1 N–H and O–H groups in total. The van der Waals surface area contributed by atoms with E-state index in [-0.39, 0.29) is 5.41 Å². The first-order chi connectivity index (χ1) is 11.3. The molecular weight excluding hydrogens is 280 g/mol. The zero-order valence-electron chi connectivity index (χ0n) is 14.3. The topological polar surface area (TPSA) is 20.2 Å². The third kappa shape index (κ3) is 3.95. The molecule has 0 radical (unpaired) electrons. The van der Waals surface area contributed by atoms with Gasteiger partial charge in [-0.15, -0.1) is 0 Å². The molecule has 1 nitrogen and oxygen atoms in total. The van der Waals surface area contributed by atoms with Gasteiger partial charge in [0.1, 0.15) is 0 Å². The zero-order chi connectivity index (χ0) is 16.0. The van der Waals surface area contributed by atoms with Gasteiger partial charge >= 0.3 is 0 Å². The van der Waals surface area contributed by atoms with Crippen molar-refractivity contribution < 1.29 is 5.11 Å². The van der Waals surface area contributed by atoms with Crippen LogP contribution in [0.3, 0.4) is 0 Å². The summed E-state index contributed by atoms with van der Waals surface area (Å²) in [4.78, 5) is 0. The van der Waals surface area contributed by atoms with Crippen LogP contribution in [-0.4, -0.2) is 11.7 Å². The summed E-state index contributed by atoms with van der Waals surface area (Å²) in [5, 5.41) is 8.94. The molecule has 0 heterocycles. The lowest BCUT2D eigenvalue weighted by Gasteiger charge is -2.33. The van der Waals surface area contributed by atoms with E-state index in [2.05, 4.69) is 42.5 Å². The second kappa shape index (κ2) is 7.97. The molecule has 2 aliphatic carbocycles. The minimum atomic E-state index is 0.195. The lowest BCUT2D eigenvalue weighted by atomic mass is 9.71. The van der Waals surface area contributed by atoms with Crippen molar-refractivity contribution in [1.29, 1.82) is 0 Å². The number of allylic oxidation sites excluding steroid dienone is 4. The summed E-state index contributed by atoms with van der Waals surface area (Å²) < 4.78 is 0. The monoisotopic (exact) mass is 310 g/mol. The number of benzene rings is 1. The van der Waals surface area contributed by atoms with Crippen molar-refractivity contribution in [2.45, 2.75) is 69.6 Å². The molecular formula is C22H30O. The maximum Gasteiger partial charge on any atom is 0.0431 e. The minimum absolute atomic E-state index is 0.195. The highest BCUT2D eigenvalue weighted by molar-refractivity contribution is 5.42. The average Bonchev–Trinajstić information content (AvgIpc) is 2.62. The van der Waals surface area contributed by atoms with Gasteiger partial charge in [-0.2, -0.15) is 0 Å². The third-order valence-electron chi connectivity index (χ3n) is 5.60. The van der Waals surface area contributed by atoms with Crippen LogP contribution in [0.2, 0.25) is 0 Å². The predicted molar refractivity (Wildman–Crippen MR) is 97.8 cm³/mol. The van der Waals surface area contributed by atoms with E-state index >= 15 is 0 Å². The summed E-state index contributed by atoms with van der Waals surface area (Å²) in [5.74, 6) is 0. The van der Waals surface area contributed by atoms with Crippen LogP contribution in [0.15, 0.2) is 42.5 Å². The molecule has 0 aromatic heterocycles. The summed E-state index contributed by atoms with van der Waals surface area (Å²) >= 11 is 0. The van der Waals surface area contributed by atoms with Crippen LogP contribution >= 0.6 is 0 Å². The molecule has 1 atom stereocenters. The van der Waals surface area contributed by atoms with Crippen LogP contribution in [-0.2, 0) is 18.3 Å². The van der Waals surface area contributed by atoms with Crippen LogP contribution in [0.25, 0.3) is 0 Å². The van der Waals surface area contributed by atoms with Gasteiger partial charge in [-0.3, -0.25) is 0 Å². The quantitative estimate of drug-likeness (QED) is 0.681. The van der Waals surface area contributed by atoms with Crippen molar-refractivity contribution in [2.75, 3.05) is 6.61 Å². The fraction of sp³-hybridized carbons (Fsp3) is 0.545. The van der Waals surface area contributed by atoms with Crippen LogP contribution in [0.1, 0.15) is 68.1 Å². The van der Waals surface area contributed by atoms with E-state index < -0.39 is 0 Å². The molecule has 23 heavy (non-hydrogen) atoms. The molecule has 0 bridgehead atoms. The molecule has 3 rings (SSSR count). The van der Waals surface area contributed by atoms with Gasteiger partial charge in [0.15, 0.2) is 0 Å². The fourth-order valence-electron chi connectivity index (χ4n) is 4.16. The van der Waals surface area contributed by atoms with E-state index in [1.807, 2.05) is 0 Å². The van der Waals surface area contributed by atoms with Crippen molar-refractivity contribution in [3.05, 3.63) is 59.2 Å². The van der Waals surface area contributed by atoms with E-state index in [1.165, 1.54) is 50.5 Å². The predicted octanol–water partition coefficient (Wildman–Crippen LogP) is 5.26. The van der Waals surface area contributed by atoms with E-state index in [0.717, 1.165) is 19.3 Å². The van der Waals surface area contributed by atoms with Crippen LogP contribution in [0.4, 0.5) is 0 Å². The fourth-order valence-corrected chi connectivity index (χ4v) is 4.16. The Hall–Kier alpha value is -1.34. The zero-order valence-corrected chi connectivity index (χ0v) is 14.3. The summed E-state index contributed by atoms with van der Waals surface area (Å²) in [6.45, 7) is 0.332. The minimum Gasteiger partial charge on any atom is -0.396 e. The highest BCUT2D eigenvalue weighted by atomic mass is 16.2. The second-order valence-electron chi connectivity index (χ2n) is 7.23. The van der Waals surface area contributed by atoms with Gasteiger partial charge in [0, 0.05) is 12.0 Å². The van der Waals surface area contributed by atoms with Crippen molar-refractivity contribution in [3.8, 4) is 0 Å². The first-order valence-corrected chi connectivity index (χ1v) is 9.42. The molecule has 1 heteroatoms. The highest BCUT2D eigenvalue weighted by Crippen LogP contribution is 2.39. The largest absolute Gasteiger partial charge is 0.396 e. The molecule has 2 aliphatic rings. The Bertz CT molecular complexity index is 569. The maximum atomic E-state index is 8.94. The summed E-state index contributed by atoms with van der Waals surface area (Å²) in [6, 6.07) is 7.29. The number of hydrogen-bond acceptors (Lipinski definition) is 1. The molecule has 0 amide bonds. The number of unbranched alkanes of at least 4 members (excludes halogenated alkanes) is 3. The molecule has 1 unspecified atom stereocenters. The van der Waals surface area contributed by atoms with Gasteiger partial charge < -0.3 is 5.11 Å².